The van der Waals surface area contributed by atoms with E-state index in [1.54, 1.807) is 12.2 Å². The molecule has 0 saturated carbocycles. The van der Waals surface area contributed by atoms with E-state index in [-0.39, 0.29) is 19.3 Å². The van der Waals surface area contributed by atoms with Crippen LogP contribution < -0.4 is 0 Å². The second-order valence-electron chi connectivity index (χ2n) is 12.0. The van der Waals surface area contributed by atoms with Crippen molar-refractivity contribution in [3.05, 3.63) is 72.9 Å². The Hall–Kier alpha value is -2.55. The van der Waals surface area contributed by atoms with Crippen molar-refractivity contribution < 1.29 is 43.0 Å². The lowest BCUT2D eigenvalue weighted by Crippen LogP contribution is -2.29. The first-order chi connectivity index (χ1) is 23.7. The Kier molecular flexibility index (Phi) is 32.2. The summed E-state index contributed by atoms with van der Waals surface area (Å²) in [5.41, 5.74) is 0. The highest BCUT2D eigenvalue weighted by Gasteiger charge is 2.23. The van der Waals surface area contributed by atoms with Gasteiger partial charge in [0.2, 0.25) is 0 Å². The molecule has 0 aromatic heterocycles. The van der Waals surface area contributed by atoms with Crippen molar-refractivity contribution >= 4 is 19.8 Å². The fourth-order valence-corrected chi connectivity index (χ4v) is 4.96. The van der Waals surface area contributed by atoms with Crippen LogP contribution in [0.4, 0.5) is 0 Å². The van der Waals surface area contributed by atoms with Crippen molar-refractivity contribution in [2.45, 2.75) is 148 Å². The lowest BCUT2D eigenvalue weighted by atomic mass is 10.1. The number of carbonyl (C=O) groups is 2. The van der Waals surface area contributed by atoms with E-state index in [9.17, 15) is 19.3 Å². The maximum atomic E-state index is 12.3. The topological polar surface area (TPSA) is 140 Å². The zero-order chi connectivity index (χ0) is 36.3. The van der Waals surface area contributed by atoms with E-state index in [0.29, 0.717) is 6.42 Å². The molecule has 10 heteroatoms. The Morgan fingerprint density at radius 1 is 0.633 bits per heavy atom. The number of aliphatic hydroxyl groups is 1. The molecule has 0 aromatic carbocycles. The number of phosphoric acid groups is 1. The zero-order valence-corrected chi connectivity index (χ0v) is 31.1. The molecule has 0 aliphatic rings. The smallest absolute Gasteiger partial charge is 0.462 e. The third-order valence-corrected chi connectivity index (χ3v) is 7.84. The van der Waals surface area contributed by atoms with Crippen LogP contribution in [-0.4, -0.2) is 52.3 Å². The number of unbranched alkanes of at least 4 members (excludes halogenated alkanes) is 10. The number of carbonyl (C=O) groups excluding carboxylic acids is 2. The SMILES string of the molecule is CC/C=C\C/C=C\C/C=C\C/C=C\C/C=C\C=C/C(O)CCC(=O)OC[C@H](COP(=O)(O)O)OC(=O)CCCCCCCCCCCCC. The van der Waals surface area contributed by atoms with Crippen LogP contribution in [0, 0.1) is 0 Å². The summed E-state index contributed by atoms with van der Waals surface area (Å²) in [4.78, 5) is 42.6. The lowest BCUT2D eigenvalue weighted by Gasteiger charge is -2.18. The van der Waals surface area contributed by atoms with E-state index in [0.717, 1.165) is 51.4 Å². The number of hydrogen-bond donors (Lipinski definition) is 3. The molecule has 0 fully saturated rings. The molecule has 0 aliphatic carbocycles. The number of ether oxygens (including phenoxy) is 2. The number of aliphatic hydroxyl groups excluding tert-OH is 1. The van der Waals surface area contributed by atoms with Crippen LogP contribution in [0.3, 0.4) is 0 Å². The van der Waals surface area contributed by atoms with Crippen molar-refractivity contribution in [3.8, 4) is 0 Å². The highest BCUT2D eigenvalue weighted by molar-refractivity contribution is 7.46. The molecule has 3 N–H and O–H groups in total. The third kappa shape index (κ3) is 36.6. The van der Waals surface area contributed by atoms with Crippen LogP contribution in [0.25, 0.3) is 0 Å². The van der Waals surface area contributed by atoms with E-state index in [2.05, 4.69) is 67.0 Å². The molecular formula is C39H65O9P. The van der Waals surface area contributed by atoms with Gasteiger partial charge in [-0.3, -0.25) is 14.1 Å². The predicted molar refractivity (Wildman–Crippen MR) is 199 cm³/mol. The van der Waals surface area contributed by atoms with Gasteiger partial charge in [0.05, 0.1) is 12.7 Å². The number of phosphoric ester groups is 1. The summed E-state index contributed by atoms with van der Waals surface area (Å²) in [7, 11) is -4.80. The molecule has 1 unspecified atom stereocenters. The molecule has 49 heavy (non-hydrogen) atoms. The third-order valence-electron chi connectivity index (χ3n) is 7.36. The molecule has 0 spiro atoms. The minimum Gasteiger partial charge on any atom is -0.462 e. The van der Waals surface area contributed by atoms with Gasteiger partial charge in [-0.2, -0.15) is 0 Å². The van der Waals surface area contributed by atoms with Gasteiger partial charge in [0.25, 0.3) is 0 Å². The van der Waals surface area contributed by atoms with Gasteiger partial charge in [-0.1, -0.05) is 151 Å². The van der Waals surface area contributed by atoms with Gasteiger partial charge in [0.1, 0.15) is 6.61 Å². The van der Waals surface area contributed by atoms with Gasteiger partial charge < -0.3 is 24.4 Å². The lowest BCUT2D eigenvalue weighted by molar-refractivity contribution is -0.161. The van der Waals surface area contributed by atoms with Crippen LogP contribution in [0.15, 0.2) is 72.9 Å². The van der Waals surface area contributed by atoms with E-state index >= 15 is 0 Å². The molecule has 0 rings (SSSR count). The normalized spacial score (nSPS) is 14.0. The molecule has 2 atom stereocenters. The van der Waals surface area contributed by atoms with Gasteiger partial charge in [-0.25, -0.2) is 4.57 Å². The molecule has 0 saturated heterocycles. The first kappa shape index (κ1) is 46.5. The highest BCUT2D eigenvalue weighted by atomic mass is 31.2. The average molecular weight is 709 g/mol. The van der Waals surface area contributed by atoms with Gasteiger partial charge >= 0.3 is 19.8 Å². The number of esters is 2. The minimum atomic E-state index is -4.80. The largest absolute Gasteiger partial charge is 0.469 e. The van der Waals surface area contributed by atoms with E-state index in [1.807, 2.05) is 12.2 Å². The fraction of sp³-hybridized carbons (Fsp3) is 0.641. The molecule has 0 aliphatic heterocycles. The zero-order valence-electron chi connectivity index (χ0n) is 30.2. The maximum Gasteiger partial charge on any atom is 0.469 e. The first-order valence-electron chi connectivity index (χ1n) is 18.3. The van der Waals surface area contributed by atoms with Crippen molar-refractivity contribution in [2.75, 3.05) is 13.2 Å². The molecule has 0 aromatic rings. The van der Waals surface area contributed by atoms with Crippen LogP contribution in [0.1, 0.15) is 136 Å². The Bertz CT molecular complexity index is 1040. The molecule has 0 radical (unpaired) electrons. The van der Waals surface area contributed by atoms with Crippen molar-refractivity contribution in [1.82, 2.24) is 0 Å². The molecule has 0 heterocycles. The number of hydrogen-bond acceptors (Lipinski definition) is 7. The monoisotopic (exact) mass is 708 g/mol. The predicted octanol–water partition coefficient (Wildman–Crippen LogP) is 9.70. The van der Waals surface area contributed by atoms with Gasteiger partial charge in [-0.05, 0) is 44.9 Å². The van der Waals surface area contributed by atoms with Crippen LogP contribution in [0.2, 0.25) is 0 Å². The molecule has 9 nitrogen and oxygen atoms in total. The maximum absolute atomic E-state index is 12.3. The van der Waals surface area contributed by atoms with E-state index in [4.69, 9.17) is 19.3 Å². The summed E-state index contributed by atoms with van der Waals surface area (Å²) in [6.07, 6.45) is 39.6. The number of allylic oxidation sites excluding steroid dienone is 11. The molecule has 0 bridgehead atoms. The molecule has 280 valence electrons. The van der Waals surface area contributed by atoms with Crippen molar-refractivity contribution in [1.29, 1.82) is 0 Å². The Balaban J connectivity index is 4.25. The summed E-state index contributed by atoms with van der Waals surface area (Å²) in [5, 5.41) is 10.2. The first-order valence-corrected chi connectivity index (χ1v) is 19.9. The minimum absolute atomic E-state index is 0.0874. The van der Waals surface area contributed by atoms with E-state index in [1.165, 1.54) is 44.9 Å². The van der Waals surface area contributed by atoms with Gasteiger partial charge in [-0.15, -0.1) is 0 Å². The van der Waals surface area contributed by atoms with Gasteiger partial charge in [0.15, 0.2) is 6.10 Å². The van der Waals surface area contributed by atoms with Crippen molar-refractivity contribution in [2.24, 2.45) is 0 Å². The standard InChI is InChI=1S/C39H65O9P/c1-3-5-7-9-11-13-15-16-17-18-19-21-22-24-26-28-30-36(40)32-33-38(41)46-34-37(35-47-49(43,44)45)48-39(42)31-29-27-25-23-20-14-12-10-8-6-4-2/h5,7,11,13,16-17,19,21,24,26,28,30,36-37,40H,3-4,6,8-10,12,14-15,18,20,22-23,25,27,29,31-35H2,1-2H3,(H2,43,44,45)/b7-5-,13-11-,17-16-,21-19-,26-24-,30-28-/t36?,37-/m1/s1. The van der Waals surface area contributed by atoms with Gasteiger partial charge in [0, 0.05) is 12.8 Å². The second-order valence-corrected chi connectivity index (χ2v) is 13.3. The van der Waals surface area contributed by atoms with Crippen LogP contribution in [-0.2, 0) is 28.2 Å². The second kappa shape index (κ2) is 33.9. The fourth-order valence-electron chi connectivity index (χ4n) is 4.60. The summed E-state index contributed by atoms with van der Waals surface area (Å²) in [5.74, 6) is -1.17. The number of rotatable bonds is 32. The summed E-state index contributed by atoms with van der Waals surface area (Å²) < 4.78 is 26.1. The Morgan fingerprint density at radius 2 is 1.14 bits per heavy atom. The summed E-state index contributed by atoms with van der Waals surface area (Å²) >= 11 is 0. The van der Waals surface area contributed by atoms with Crippen LogP contribution >= 0.6 is 7.82 Å². The quantitative estimate of drug-likeness (QED) is 0.0205. The molecular weight excluding hydrogens is 643 g/mol. The van der Waals surface area contributed by atoms with Crippen molar-refractivity contribution in [3.63, 3.8) is 0 Å². The average Bonchev–Trinajstić information content (AvgIpc) is 3.06. The molecule has 0 amide bonds. The van der Waals surface area contributed by atoms with Crippen LogP contribution in [0.5, 0.6) is 0 Å². The highest BCUT2D eigenvalue weighted by Crippen LogP contribution is 2.36. The Labute approximate surface area is 296 Å². The summed E-state index contributed by atoms with van der Waals surface area (Å²) in [6.45, 7) is 3.32. The van der Waals surface area contributed by atoms with E-state index < -0.39 is 45.2 Å². The summed E-state index contributed by atoms with van der Waals surface area (Å²) in [6, 6.07) is 0. The Morgan fingerprint density at radius 3 is 1.67 bits per heavy atom.